The average Bonchev–Trinajstić information content (AvgIpc) is 2.23. The largest absolute Gasteiger partial charge is 0.480 e. The van der Waals surface area contributed by atoms with Crippen LogP contribution in [0.3, 0.4) is 0 Å². The summed E-state index contributed by atoms with van der Waals surface area (Å²) in [6.07, 6.45) is 4.25. The predicted molar refractivity (Wildman–Crippen MR) is 69.5 cm³/mol. The van der Waals surface area contributed by atoms with E-state index in [9.17, 15) is 9.59 Å². The van der Waals surface area contributed by atoms with E-state index < -0.39 is 5.97 Å². The predicted octanol–water partition coefficient (Wildman–Crippen LogP) is 2.07. The minimum absolute atomic E-state index is 0.170. The van der Waals surface area contributed by atoms with Gasteiger partial charge in [0.25, 0.3) is 0 Å². The second kappa shape index (κ2) is 6.07. The maximum Gasteiger partial charge on any atom is 0.323 e. The summed E-state index contributed by atoms with van der Waals surface area (Å²) in [6, 6.07) is -0.0910. The Morgan fingerprint density at radius 3 is 2.61 bits per heavy atom. The van der Waals surface area contributed by atoms with Gasteiger partial charge in [0.05, 0.1) is 0 Å². The molecule has 5 heteroatoms. The van der Waals surface area contributed by atoms with Crippen LogP contribution in [-0.4, -0.2) is 41.1 Å². The Bertz CT molecular complexity index is 315. The van der Waals surface area contributed by atoms with Crippen LogP contribution < -0.4 is 5.32 Å². The topological polar surface area (TPSA) is 69.6 Å². The van der Waals surface area contributed by atoms with Crippen LogP contribution in [0.2, 0.25) is 0 Å². The first kappa shape index (κ1) is 14.8. The summed E-state index contributed by atoms with van der Waals surface area (Å²) in [6.45, 7) is 6.38. The average molecular weight is 256 g/mol. The smallest absolute Gasteiger partial charge is 0.323 e. The van der Waals surface area contributed by atoms with Gasteiger partial charge in [0.15, 0.2) is 0 Å². The summed E-state index contributed by atoms with van der Waals surface area (Å²) >= 11 is 0. The summed E-state index contributed by atoms with van der Waals surface area (Å²) in [7, 11) is 0. The van der Waals surface area contributed by atoms with Gasteiger partial charge in [-0.2, -0.15) is 0 Å². The van der Waals surface area contributed by atoms with Crippen molar-refractivity contribution >= 4 is 12.0 Å². The quantitative estimate of drug-likeness (QED) is 0.809. The monoisotopic (exact) mass is 256 g/mol. The summed E-state index contributed by atoms with van der Waals surface area (Å²) in [5, 5.41) is 11.7. The molecule has 1 saturated carbocycles. The van der Waals surface area contributed by atoms with E-state index in [0.29, 0.717) is 6.54 Å². The number of nitrogens with one attached hydrogen (secondary N) is 1. The molecule has 1 aliphatic rings. The highest BCUT2D eigenvalue weighted by Gasteiger charge is 2.29. The first-order chi connectivity index (χ1) is 8.34. The Balaban J connectivity index is 2.50. The van der Waals surface area contributed by atoms with E-state index in [-0.39, 0.29) is 24.0 Å². The van der Waals surface area contributed by atoms with Gasteiger partial charge in [0.1, 0.15) is 6.54 Å². The van der Waals surface area contributed by atoms with Gasteiger partial charge in [0.2, 0.25) is 0 Å². The van der Waals surface area contributed by atoms with Gasteiger partial charge < -0.3 is 15.3 Å². The molecule has 2 N–H and O–H groups in total. The lowest BCUT2D eigenvalue weighted by Gasteiger charge is -2.36. The van der Waals surface area contributed by atoms with Crippen LogP contribution >= 0.6 is 0 Å². The number of urea groups is 1. The molecule has 0 heterocycles. The fourth-order valence-corrected chi connectivity index (χ4v) is 2.58. The Morgan fingerprint density at radius 2 is 2.11 bits per heavy atom. The van der Waals surface area contributed by atoms with E-state index in [1.165, 1.54) is 11.3 Å². The zero-order valence-corrected chi connectivity index (χ0v) is 11.5. The van der Waals surface area contributed by atoms with Crippen molar-refractivity contribution in [2.75, 3.05) is 13.1 Å². The highest BCUT2D eigenvalue weighted by molar-refractivity contribution is 5.80. The summed E-state index contributed by atoms with van der Waals surface area (Å²) in [5.74, 6) is -0.976. The minimum Gasteiger partial charge on any atom is -0.480 e. The third kappa shape index (κ3) is 4.55. The number of amides is 2. The first-order valence-corrected chi connectivity index (χ1v) is 6.61. The van der Waals surface area contributed by atoms with Crippen molar-refractivity contribution in [3.63, 3.8) is 0 Å². The number of aliphatic carboxylic acids is 1. The second-order valence-corrected chi connectivity index (χ2v) is 5.81. The summed E-state index contributed by atoms with van der Waals surface area (Å²) in [4.78, 5) is 23.9. The highest BCUT2D eigenvalue weighted by atomic mass is 16.4. The third-order valence-corrected chi connectivity index (χ3v) is 3.53. The summed E-state index contributed by atoms with van der Waals surface area (Å²) in [5.41, 5.74) is 0.264. The van der Waals surface area contributed by atoms with Crippen LogP contribution in [-0.2, 0) is 4.79 Å². The van der Waals surface area contributed by atoms with Crippen molar-refractivity contribution in [1.29, 1.82) is 0 Å². The highest BCUT2D eigenvalue weighted by Crippen LogP contribution is 2.35. The third-order valence-electron chi connectivity index (χ3n) is 3.53. The number of carbonyl (C=O) groups excluding carboxylic acids is 1. The lowest BCUT2D eigenvalue weighted by molar-refractivity contribution is -0.137. The Morgan fingerprint density at radius 1 is 1.44 bits per heavy atom. The van der Waals surface area contributed by atoms with Crippen molar-refractivity contribution in [2.24, 2.45) is 5.41 Å². The molecule has 1 rings (SSSR count). The van der Waals surface area contributed by atoms with E-state index in [4.69, 9.17) is 5.11 Å². The molecule has 1 fully saturated rings. The van der Waals surface area contributed by atoms with Gasteiger partial charge in [-0.05, 0) is 31.6 Å². The molecular weight excluding hydrogens is 232 g/mol. The fraction of sp³-hybridized carbons (Fsp3) is 0.846. The number of likely N-dealkylation sites (N-methyl/N-ethyl adjacent to an activating group) is 1. The molecule has 0 aromatic rings. The maximum absolute atomic E-state index is 11.9. The van der Waals surface area contributed by atoms with Gasteiger partial charge in [-0.1, -0.05) is 20.3 Å². The van der Waals surface area contributed by atoms with Gasteiger partial charge in [-0.15, -0.1) is 0 Å². The number of hydrogen-bond donors (Lipinski definition) is 2. The summed E-state index contributed by atoms with van der Waals surface area (Å²) < 4.78 is 0. The molecule has 2 amide bonds. The molecule has 0 bridgehead atoms. The Kier molecular flexibility index (Phi) is 4.99. The number of carboxylic acids is 1. The molecule has 1 aliphatic carbocycles. The van der Waals surface area contributed by atoms with Crippen LogP contribution in [0.15, 0.2) is 0 Å². The second-order valence-electron chi connectivity index (χ2n) is 5.81. The fourth-order valence-electron chi connectivity index (χ4n) is 2.58. The molecule has 18 heavy (non-hydrogen) atoms. The van der Waals surface area contributed by atoms with Crippen LogP contribution in [0.25, 0.3) is 0 Å². The van der Waals surface area contributed by atoms with Crippen molar-refractivity contribution < 1.29 is 14.7 Å². The van der Waals surface area contributed by atoms with E-state index in [1.807, 2.05) is 0 Å². The standard InChI is InChI=1S/C13H24N2O3/c1-4-15(9-11(16)17)12(18)14-10-6-5-7-13(2,3)8-10/h10H,4-9H2,1-3H3,(H,14,18)(H,16,17). The maximum atomic E-state index is 11.9. The number of nitrogens with zero attached hydrogens (tertiary/aromatic N) is 1. The van der Waals surface area contributed by atoms with E-state index in [2.05, 4.69) is 19.2 Å². The lowest BCUT2D eigenvalue weighted by atomic mass is 9.75. The molecule has 0 aromatic heterocycles. The van der Waals surface area contributed by atoms with Gasteiger partial charge >= 0.3 is 12.0 Å². The van der Waals surface area contributed by atoms with Crippen molar-refractivity contribution in [1.82, 2.24) is 10.2 Å². The molecule has 5 nitrogen and oxygen atoms in total. The molecular formula is C13H24N2O3. The lowest BCUT2D eigenvalue weighted by Crippen LogP contribution is -2.48. The number of hydrogen-bond acceptors (Lipinski definition) is 2. The van der Waals surface area contributed by atoms with Gasteiger partial charge in [-0.3, -0.25) is 4.79 Å². The molecule has 1 atom stereocenters. The van der Waals surface area contributed by atoms with Crippen molar-refractivity contribution in [2.45, 2.75) is 52.5 Å². The van der Waals surface area contributed by atoms with Crippen LogP contribution in [0, 0.1) is 5.41 Å². The number of carboxylic acid groups (broad SMARTS) is 1. The van der Waals surface area contributed by atoms with Crippen LogP contribution in [0.4, 0.5) is 4.79 Å². The zero-order chi connectivity index (χ0) is 13.8. The van der Waals surface area contributed by atoms with Crippen LogP contribution in [0.1, 0.15) is 46.5 Å². The molecule has 0 radical (unpaired) electrons. The van der Waals surface area contributed by atoms with E-state index in [0.717, 1.165) is 19.3 Å². The zero-order valence-electron chi connectivity index (χ0n) is 11.5. The molecule has 1 unspecified atom stereocenters. The number of carbonyl (C=O) groups is 2. The van der Waals surface area contributed by atoms with Gasteiger partial charge in [0, 0.05) is 12.6 Å². The van der Waals surface area contributed by atoms with Crippen LogP contribution in [0.5, 0.6) is 0 Å². The Labute approximate surface area is 109 Å². The van der Waals surface area contributed by atoms with Gasteiger partial charge in [-0.25, -0.2) is 4.79 Å². The SMILES string of the molecule is CCN(CC(=O)O)C(=O)NC1CCCC(C)(C)C1. The van der Waals surface area contributed by atoms with Crippen molar-refractivity contribution in [3.8, 4) is 0 Å². The van der Waals surface area contributed by atoms with E-state index >= 15 is 0 Å². The molecule has 0 aromatic carbocycles. The van der Waals surface area contributed by atoms with Crippen molar-refractivity contribution in [3.05, 3.63) is 0 Å². The Hall–Kier alpha value is -1.26. The molecule has 104 valence electrons. The molecule has 0 saturated heterocycles. The van der Waals surface area contributed by atoms with E-state index in [1.54, 1.807) is 6.92 Å². The molecule has 0 aliphatic heterocycles. The first-order valence-electron chi connectivity index (χ1n) is 6.61. The minimum atomic E-state index is -0.976. The molecule has 0 spiro atoms. The number of rotatable bonds is 4. The normalized spacial score (nSPS) is 22.3.